The van der Waals surface area contributed by atoms with Crippen molar-refractivity contribution in [2.45, 2.75) is 22.7 Å². The molecule has 4 heterocycles. The number of hydrogen-bond donors (Lipinski definition) is 1. The Kier molecular flexibility index (Phi) is 6.21. The zero-order chi connectivity index (χ0) is 26.6. The van der Waals surface area contributed by atoms with E-state index in [-0.39, 0.29) is 17.1 Å². The van der Waals surface area contributed by atoms with Gasteiger partial charge in [0.1, 0.15) is 23.4 Å². The number of nitrogens with zero attached hydrogens (tertiary/aromatic N) is 2. The van der Waals surface area contributed by atoms with Crippen molar-refractivity contribution < 1.29 is 23.2 Å². The van der Waals surface area contributed by atoms with Crippen LogP contribution in [0.25, 0.3) is 0 Å². The van der Waals surface area contributed by atoms with Gasteiger partial charge in [0, 0.05) is 10.7 Å². The third-order valence-electron chi connectivity index (χ3n) is 6.41. The van der Waals surface area contributed by atoms with E-state index in [4.69, 9.17) is 16.0 Å². The van der Waals surface area contributed by atoms with Gasteiger partial charge < -0.3 is 9.73 Å². The lowest BCUT2D eigenvalue weighted by Gasteiger charge is -2.29. The summed E-state index contributed by atoms with van der Waals surface area (Å²) < 4.78 is 20.5. The molecule has 1 fully saturated rings. The summed E-state index contributed by atoms with van der Waals surface area (Å²) in [4.78, 5) is 54.3. The van der Waals surface area contributed by atoms with E-state index in [1.807, 2.05) is 0 Å². The normalized spacial score (nSPS) is 20.4. The average Bonchev–Trinajstić information content (AvgIpc) is 3.59. The monoisotopic (exact) mass is 569 g/mol. The van der Waals surface area contributed by atoms with Crippen LogP contribution in [0.4, 0.5) is 15.8 Å². The van der Waals surface area contributed by atoms with Gasteiger partial charge in [0.05, 0.1) is 33.7 Å². The maximum absolute atomic E-state index is 13.7. The second-order valence-electron chi connectivity index (χ2n) is 8.72. The zero-order valence-corrected chi connectivity index (χ0v) is 21.7. The summed E-state index contributed by atoms with van der Waals surface area (Å²) in [7, 11) is 0. The number of thiazole rings is 1. The van der Waals surface area contributed by atoms with E-state index in [0.717, 1.165) is 28.0 Å². The molecular weight excluding hydrogens is 553 g/mol. The lowest BCUT2D eigenvalue weighted by molar-refractivity contribution is -0.122. The van der Waals surface area contributed by atoms with Gasteiger partial charge in [-0.25, -0.2) is 9.29 Å². The number of fused-ring (bicyclic) bond motifs is 2. The van der Waals surface area contributed by atoms with E-state index in [1.54, 1.807) is 36.4 Å². The van der Waals surface area contributed by atoms with Crippen molar-refractivity contribution in [2.75, 3.05) is 10.2 Å². The second kappa shape index (κ2) is 9.57. The third-order valence-corrected chi connectivity index (χ3v) is 9.27. The number of benzene rings is 2. The molecule has 2 aliphatic rings. The van der Waals surface area contributed by atoms with Crippen molar-refractivity contribution >= 4 is 63.8 Å². The Hall–Kier alpha value is -3.67. The number of carbonyl (C=O) groups excluding carboxylic acids is 3. The van der Waals surface area contributed by atoms with Crippen LogP contribution in [-0.4, -0.2) is 27.5 Å². The molecule has 192 valence electrons. The molecule has 4 aromatic rings. The standard InChI is InChI=1S/C26H17ClFN3O5S2/c27-13-3-7-15(8-4-13)29-18(32)12-30-25-22(38-26(30)35)19(17-2-1-11-36-17)20-21(37-25)24(34)31(23(20)33)16-9-5-14(28)6-10-16/h1-11,19-21H,12H2,(H,29,32)/t19-,20-,21+/m0/s1. The molecule has 2 aliphatic heterocycles. The molecule has 3 amide bonds. The fourth-order valence-electron chi connectivity index (χ4n) is 4.75. The van der Waals surface area contributed by atoms with Gasteiger partial charge in [-0.05, 0) is 60.7 Å². The van der Waals surface area contributed by atoms with Crippen molar-refractivity contribution in [3.05, 3.63) is 98.1 Å². The number of anilines is 2. The van der Waals surface area contributed by atoms with Crippen LogP contribution in [0.3, 0.4) is 0 Å². The molecule has 2 aromatic heterocycles. The van der Waals surface area contributed by atoms with Gasteiger partial charge in [-0.2, -0.15) is 0 Å². The first-order valence-corrected chi connectivity index (χ1v) is 13.5. The number of carbonyl (C=O) groups is 3. The maximum Gasteiger partial charge on any atom is 0.308 e. The van der Waals surface area contributed by atoms with E-state index in [0.29, 0.717) is 26.4 Å². The molecule has 0 saturated carbocycles. The fraction of sp³-hybridized carbons (Fsp3) is 0.154. The third kappa shape index (κ3) is 4.16. The minimum atomic E-state index is -0.866. The van der Waals surface area contributed by atoms with Gasteiger partial charge in [-0.15, -0.1) is 0 Å². The Morgan fingerprint density at radius 3 is 2.45 bits per heavy atom. The van der Waals surface area contributed by atoms with Crippen LogP contribution in [0.2, 0.25) is 5.02 Å². The summed E-state index contributed by atoms with van der Waals surface area (Å²) in [5.74, 6) is -2.97. The fourth-order valence-corrected chi connectivity index (χ4v) is 7.63. The molecule has 1 N–H and O–H groups in total. The van der Waals surface area contributed by atoms with Gasteiger partial charge in [0.15, 0.2) is 0 Å². The Morgan fingerprint density at radius 2 is 1.76 bits per heavy atom. The second-order valence-corrected chi connectivity index (χ2v) is 11.3. The number of aromatic nitrogens is 1. The van der Waals surface area contributed by atoms with Crippen molar-refractivity contribution in [1.29, 1.82) is 0 Å². The number of hydrogen-bond acceptors (Lipinski definition) is 7. The molecule has 8 nitrogen and oxygen atoms in total. The number of furan rings is 1. The van der Waals surface area contributed by atoms with E-state index >= 15 is 0 Å². The highest BCUT2D eigenvalue weighted by Crippen LogP contribution is 2.53. The van der Waals surface area contributed by atoms with Gasteiger partial charge in [0.2, 0.25) is 17.7 Å². The first-order valence-electron chi connectivity index (χ1n) is 11.4. The van der Waals surface area contributed by atoms with Crippen molar-refractivity contribution in [3.8, 4) is 0 Å². The molecule has 0 bridgehead atoms. The van der Waals surface area contributed by atoms with Gasteiger partial charge in [-0.1, -0.05) is 34.7 Å². The molecule has 0 spiro atoms. The minimum Gasteiger partial charge on any atom is -0.469 e. The largest absolute Gasteiger partial charge is 0.469 e. The molecule has 38 heavy (non-hydrogen) atoms. The summed E-state index contributed by atoms with van der Waals surface area (Å²) >= 11 is 7.91. The van der Waals surface area contributed by atoms with E-state index in [2.05, 4.69) is 5.32 Å². The van der Waals surface area contributed by atoms with Crippen LogP contribution < -0.4 is 15.1 Å². The Labute approximate surface area is 228 Å². The highest BCUT2D eigenvalue weighted by atomic mass is 35.5. The Balaban J connectivity index is 1.38. The summed E-state index contributed by atoms with van der Waals surface area (Å²) in [6, 6.07) is 15.0. The van der Waals surface area contributed by atoms with E-state index < -0.39 is 40.6 Å². The topological polar surface area (TPSA) is 102 Å². The molecule has 12 heteroatoms. The van der Waals surface area contributed by atoms with E-state index in [1.165, 1.54) is 35.1 Å². The van der Waals surface area contributed by atoms with Crippen LogP contribution in [0, 0.1) is 11.7 Å². The van der Waals surface area contributed by atoms with Crippen LogP contribution in [0.1, 0.15) is 16.6 Å². The number of thioether (sulfide) groups is 1. The van der Waals surface area contributed by atoms with E-state index in [9.17, 15) is 23.6 Å². The molecule has 1 saturated heterocycles. The first-order chi connectivity index (χ1) is 18.3. The molecule has 3 atom stereocenters. The quantitative estimate of drug-likeness (QED) is 0.349. The predicted molar refractivity (Wildman–Crippen MR) is 141 cm³/mol. The van der Waals surface area contributed by atoms with Crippen LogP contribution in [-0.2, 0) is 20.9 Å². The smallest absolute Gasteiger partial charge is 0.308 e. The lowest BCUT2D eigenvalue weighted by atomic mass is 9.87. The van der Waals surface area contributed by atoms with Gasteiger partial charge in [-0.3, -0.25) is 23.7 Å². The molecule has 0 unspecified atom stereocenters. The number of imide groups is 1. The molecule has 6 rings (SSSR count). The number of rotatable bonds is 5. The SMILES string of the molecule is O=C(Cn1c2c(sc1=O)[C@@H](c1ccco1)[C@@H]1C(=O)N(c3ccc(F)cc3)C(=O)[C@@H]1S2)Nc1ccc(Cl)cc1. The Morgan fingerprint density at radius 1 is 1.03 bits per heavy atom. The van der Waals surface area contributed by atoms with Crippen LogP contribution >= 0.6 is 34.7 Å². The average molecular weight is 570 g/mol. The molecular formula is C26H17ClFN3O5S2. The molecule has 2 aromatic carbocycles. The maximum atomic E-state index is 13.7. The summed E-state index contributed by atoms with van der Waals surface area (Å²) in [6.07, 6.45) is 1.46. The summed E-state index contributed by atoms with van der Waals surface area (Å²) in [6.45, 7) is -0.285. The van der Waals surface area contributed by atoms with Crippen molar-refractivity contribution in [2.24, 2.45) is 5.92 Å². The molecule has 0 radical (unpaired) electrons. The van der Waals surface area contributed by atoms with Crippen molar-refractivity contribution in [1.82, 2.24) is 4.57 Å². The van der Waals surface area contributed by atoms with Gasteiger partial charge >= 0.3 is 4.87 Å². The first kappa shape index (κ1) is 24.7. The number of nitrogens with one attached hydrogen (secondary N) is 1. The zero-order valence-electron chi connectivity index (χ0n) is 19.3. The number of halogens is 2. The van der Waals surface area contributed by atoms with Gasteiger partial charge in [0.25, 0.3) is 0 Å². The highest BCUT2D eigenvalue weighted by molar-refractivity contribution is 8.00. The highest BCUT2D eigenvalue weighted by Gasteiger charge is 2.57. The summed E-state index contributed by atoms with van der Waals surface area (Å²) in [5, 5.41) is 2.83. The minimum absolute atomic E-state index is 0.262. The number of amides is 3. The lowest BCUT2D eigenvalue weighted by Crippen LogP contribution is -2.32. The molecule has 0 aliphatic carbocycles. The van der Waals surface area contributed by atoms with Crippen LogP contribution in [0.15, 0.2) is 81.2 Å². The van der Waals surface area contributed by atoms with Crippen molar-refractivity contribution in [3.63, 3.8) is 0 Å². The summed E-state index contributed by atoms with van der Waals surface area (Å²) in [5.41, 5.74) is 0.780. The predicted octanol–water partition coefficient (Wildman–Crippen LogP) is 4.73. The van der Waals surface area contributed by atoms with Crippen LogP contribution in [0.5, 0.6) is 0 Å². The Bertz CT molecular complexity index is 1620.